The average molecular weight is 485 g/mol. The monoisotopic (exact) mass is 485 g/mol. The number of ether oxygens (including phenoxy) is 5. The molecule has 1 heterocycles. The zero-order valence-electron chi connectivity index (χ0n) is 19.5. The molecule has 1 saturated heterocycles. The van der Waals surface area contributed by atoms with Crippen LogP contribution in [0.5, 0.6) is 0 Å². The second-order valence-corrected chi connectivity index (χ2v) is 7.78. The smallest absolute Gasteiger partial charge is 0.338 e. The normalized spacial score (nSPS) is 23.6. The van der Waals surface area contributed by atoms with Crippen LogP contribution in [0.2, 0.25) is 0 Å². The van der Waals surface area contributed by atoms with Gasteiger partial charge >= 0.3 is 17.9 Å². The first-order chi connectivity index (χ1) is 16.8. The van der Waals surface area contributed by atoms with E-state index in [1.54, 1.807) is 60.7 Å². The van der Waals surface area contributed by atoms with Crippen LogP contribution in [0.3, 0.4) is 0 Å². The summed E-state index contributed by atoms with van der Waals surface area (Å²) in [4.78, 5) is 49.0. The fourth-order valence-electron chi connectivity index (χ4n) is 3.70. The number of methoxy groups -OCH3 is 1. The Morgan fingerprint density at radius 2 is 1.40 bits per heavy atom. The first-order valence-electron chi connectivity index (χ1n) is 10.9. The quantitative estimate of drug-likeness (QED) is 0.440. The van der Waals surface area contributed by atoms with Gasteiger partial charge in [-0.15, -0.1) is 0 Å². The third-order valence-electron chi connectivity index (χ3n) is 5.21. The molecule has 5 unspecified atom stereocenters. The molecule has 2 aromatic carbocycles. The minimum atomic E-state index is -1.34. The van der Waals surface area contributed by atoms with Crippen molar-refractivity contribution in [1.82, 2.24) is 5.32 Å². The van der Waals surface area contributed by atoms with E-state index in [4.69, 9.17) is 23.7 Å². The summed E-state index contributed by atoms with van der Waals surface area (Å²) in [7, 11) is 1.36. The largest absolute Gasteiger partial charge is 0.459 e. The van der Waals surface area contributed by atoms with Crippen molar-refractivity contribution < 1.29 is 42.9 Å². The SMILES string of the molecule is COC1C(COC(=O)c2ccccc2)OC(OC(C)=O)C(NC(C)=O)C1OC(=O)c1ccccc1. The number of carbonyl (C=O) groups excluding carboxylic acids is 4. The number of amides is 1. The molecule has 10 nitrogen and oxygen atoms in total. The van der Waals surface area contributed by atoms with Gasteiger partial charge in [0.05, 0.1) is 11.1 Å². The topological polar surface area (TPSA) is 126 Å². The predicted molar refractivity (Wildman–Crippen MR) is 121 cm³/mol. The van der Waals surface area contributed by atoms with Crippen LogP contribution in [0.25, 0.3) is 0 Å². The van der Waals surface area contributed by atoms with Gasteiger partial charge in [-0.2, -0.15) is 0 Å². The van der Waals surface area contributed by atoms with Crippen molar-refractivity contribution in [3.63, 3.8) is 0 Å². The van der Waals surface area contributed by atoms with Crippen LogP contribution in [-0.2, 0) is 33.3 Å². The van der Waals surface area contributed by atoms with Crippen molar-refractivity contribution in [1.29, 1.82) is 0 Å². The van der Waals surface area contributed by atoms with Crippen LogP contribution in [0, 0.1) is 0 Å². The molecule has 0 bridgehead atoms. The molecule has 0 aliphatic carbocycles. The fraction of sp³-hybridized carbons (Fsp3) is 0.360. The molecule has 0 aromatic heterocycles. The van der Waals surface area contributed by atoms with Gasteiger partial charge in [0, 0.05) is 21.0 Å². The molecule has 35 heavy (non-hydrogen) atoms. The molecule has 5 atom stereocenters. The van der Waals surface area contributed by atoms with Gasteiger partial charge in [-0.1, -0.05) is 36.4 Å². The third kappa shape index (κ3) is 6.87. The maximum atomic E-state index is 12.9. The van der Waals surface area contributed by atoms with E-state index in [-0.39, 0.29) is 12.2 Å². The maximum Gasteiger partial charge on any atom is 0.338 e. The Hall–Kier alpha value is -3.76. The minimum absolute atomic E-state index is 0.270. The highest BCUT2D eigenvalue weighted by Crippen LogP contribution is 2.28. The molecule has 1 N–H and O–H groups in total. The van der Waals surface area contributed by atoms with Gasteiger partial charge in [0.25, 0.3) is 0 Å². The molecule has 0 saturated carbocycles. The van der Waals surface area contributed by atoms with Gasteiger partial charge in [0.15, 0.2) is 6.10 Å². The summed E-state index contributed by atoms with van der Waals surface area (Å²) in [5, 5.41) is 2.61. The first-order valence-corrected chi connectivity index (χ1v) is 10.9. The predicted octanol–water partition coefficient (Wildman–Crippen LogP) is 1.88. The van der Waals surface area contributed by atoms with Gasteiger partial charge in [0.1, 0.15) is 24.9 Å². The average Bonchev–Trinajstić information content (AvgIpc) is 2.85. The van der Waals surface area contributed by atoms with E-state index in [2.05, 4.69) is 5.32 Å². The number of hydrogen-bond donors (Lipinski definition) is 1. The van der Waals surface area contributed by atoms with Crippen LogP contribution in [0.1, 0.15) is 34.6 Å². The molecule has 1 amide bonds. The van der Waals surface area contributed by atoms with Gasteiger partial charge in [-0.25, -0.2) is 9.59 Å². The summed E-state index contributed by atoms with van der Waals surface area (Å²) >= 11 is 0. The highest BCUT2D eigenvalue weighted by molar-refractivity contribution is 5.90. The zero-order valence-corrected chi connectivity index (χ0v) is 19.5. The van der Waals surface area contributed by atoms with Gasteiger partial charge in [-0.3, -0.25) is 9.59 Å². The van der Waals surface area contributed by atoms with Crippen molar-refractivity contribution in [2.75, 3.05) is 13.7 Å². The Bertz CT molecular complexity index is 1030. The minimum Gasteiger partial charge on any atom is -0.459 e. The summed E-state index contributed by atoms with van der Waals surface area (Å²) in [6.45, 7) is 2.14. The van der Waals surface area contributed by atoms with E-state index in [1.165, 1.54) is 21.0 Å². The highest BCUT2D eigenvalue weighted by Gasteiger charge is 2.51. The lowest BCUT2D eigenvalue weighted by molar-refractivity contribution is -0.266. The Balaban J connectivity index is 1.87. The number of carbonyl (C=O) groups is 4. The Labute approximate surface area is 202 Å². The fourth-order valence-corrected chi connectivity index (χ4v) is 3.70. The number of hydrogen-bond acceptors (Lipinski definition) is 9. The van der Waals surface area contributed by atoms with Gasteiger partial charge in [-0.05, 0) is 24.3 Å². The highest BCUT2D eigenvalue weighted by atomic mass is 16.7. The van der Waals surface area contributed by atoms with Crippen LogP contribution in [0.15, 0.2) is 60.7 Å². The number of esters is 3. The second-order valence-electron chi connectivity index (χ2n) is 7.78. The molecule has 3 rings (SSSR count). The summed E-state index contributed by atoms with van der Waals surface area (Å²) < 4.78 is 27.8. The van der Waals surface area contributed by atoms with Crippen LogP contribution in [-0.4, -0.2) is 68.2 Å². The lowest BCUT2D eigenvalue weighted by Gasteiger charge is -2.44. The standard InChI is InChI=1S/C25H27NO9/c1-15(27)26-20-22(35-24(30)18-12-8-5-9-13-18)21(31-3)19(34-25(20)33-16(2)28)14-32-23(29)17-10-6-4-7-11-17/h4-13,19-22,25H,14H2,1-3H3,(H,26,27). The van der Waals surface area contributed by atoms with E-state index in [1.807, 2.05) is 0 Å². The van der Waals surface area contributed by atoms with Gasteiger partial charge < -0.3 is 29.0 Å². The van der Waals surface area contributed by atoms with Crippen molar-refractivity contribution in [3.8, 4) is 0 Å². The lowest BCUT2D eigenvalue weighted by Crippen LogP contribution is -2.66. The number of nitrogens with one attached hydrogen (secondary N) is 1. The number of benzene rings is 2. The van der Waals surface area contributed by atoms with Crippen LogP contribution < -0.4 is 5.32 Å². The molecule has 1 fully saturated rings. The summed E-state index contributed by atoms with van der Waals surface area (Å²) in [6, 6.07) is 15.5. The third-order valence-corrected chi connectivity index (χ3v) is 5.21. The zero-order chi connectivity index (χ0) is 25.4. The van der Waals surface area contributed by atoms with Gasteiger partial charge in [0.2, 0.25) is 12.2 Å². The molecule has 1 aliphatic rings. The Kier molecular flexibility index (Phi) is 8.93. The van der Waals surface area contributed by atoms with Crippen molar-refractivity contribution in [2.45, 2.75) is 44.5 Å². The molecular formula is C25H27NO9. The molecule has 0 spiro atoms. The second kappa shape index (κ2) is 12.1. The molecule has 186 valence electrons. The first kappa shape index (κ1) is 25.9. The lowest BCUT2D eigenvalue weighted by atomic mass is 9.96. The van der Waals surface area contributed by atoms with E-state index < -0.39 is 54.5 Å². The van der Waals surface area contributed by atoms with E-state index in [0.29, 0.717) is 5.56 Å². The summed E-state index contributed by atoms with van der Waals surface area (Å²) in [6.07, 6.45) is -4.45. The molecule has 2 aromatic rings. The van der Waals surface area contributed by atoms with Crippen molar-refractivity contribution in [3.05, 3.63) is 71.8 Å². The molecular weight excluding hydrogens is 458 g/mol. The maximum absolute atomic E-state index is 12.9. The van der Waals surface area contributed by atoms with Crippen molar-refractivity contribution in [2.24, 2.45) is 0 Å². The van der Waals surface area contributed by atoms with Crippen molar-refractivity contribution >= 4 is 23.8 Å². The Morgan fingerprint density at radius 3 is 1.91 bits per heavy atom. The van der Waals surface area contributed by atoms with E-state index in [9.17, 15) is 19.2 Å². The number of rotatable bonds is 8. The summed E-state index contributed by atoms with van der Waals surface area (Å²) in [5.74, 6) is -2.44. The molecule has 1 aliphatic heterocycles. The van der Waals surface area contributed by atoms with E-state index >= 15 is 0 Å². The Morgan fingerprint density at radius 1 is 0.829 bits per heavy atom. The molecule has 0 radical (unpaired) electrons. The summed E-state index contributed by atoms with van der Waals surface area (Å²) in [5.41, 5.74) is 0.600. The van der Waals surface area contributed by atoms with E-state index in [0.717, 1.165) is 0 Å². The van der Waals surface area contributed by atoms with Crippen LogP contribution in [0.4, 0.5) is 0 Å². The van der Waals surface area contributed by atoms with Crippen LogP contribution >= 0.6 is 0 Å². The molecule has 10 heteroatoms.